The summed E-state index contributed by atoms with van der Waals surface area (Å²) in [5.74, 6) is 0. The summed E-state index contributed by atoms with van der Waals surface area (Å²) in [5.41, 5.74) is 3.51. The minimum absolute atomic E-state index is 0.291. The van der Waals surface area contributed by atoms with E-state index in [1.54, 1.807) is 0 Å². The molecule has 0 radical (unpaired) electrons. The number of nitrogens with zero attached hydrogens (tertiary/aromatic N) is 3. The lowest BCUT2D eigenvalue weighted by atomic mass is 10.1. The Balaban J connectivity index is 1.93. The van der Waals surface area contributed by atoms with Crippen molar-refractivity contribution in [3.8, 4) is 0 Å². The van der Waals surface area contributed by atoms with Gasteiger partial charge < -0.3 is 10.0 Å². The van der Waals surface area contributed by atoms with Crippen molar-refractivity contribution in [2.24, 2.45) is 0 Å². The summed E-state index contributed by atoms with van der Waals surface area (Å²) in [4.78, 5) is 12.5. The number of piperidine rings is 1. The Labute approximate surface area is 137 Å². The molecular weight excluding hydrogens is 381 g/mol. The number of likely N-dealkylation sites (tertiary alicyclic amines) is 1. The lowest BCUT2D eigenvalue weighted by molar-refractivity contribution is 0.123. The second-order valence-electron chi connectivity index (χ2n) is 5.71. The number of aromatic nitrogens is 2. The highest BCUT2D eigenvalue weighted by Crippen LogP contribution is 2.30. The predicted octanol–water partition coefficient (Wildman–Crippen LogP) is 3.57. The van der Waals surface area contributed by atoms with E-state index >= 15 is 0 Å². The van der Waals surface area contributed by atoms with E-state index < -0.39 is 6.09 Å². The topological polar surface area (TPSA) is 58.4 Å². The van der Waals surface area contributed by atoms with E-state index in [0.717, 1.165) is 22.1 Å². The summed E-state index contributed by atoms with van der Waals surface area (Å²) in [6.07, 6.45) is 0.836. The first-order valence-corrected chi connectivity index (χ1v) is 8.18. The summed E-state index contributed by atoms with van der Waals surface area (Å²) < 4.78 is 3.25. The van der Waals surface area contributed by atoms with Gasteiger partial charge in [0.25, 0.3) is 0 Å². The van der Waals surface area contributed by atoms with Gasteiger partial charge in [-0.1, -0.05) is 11.6 Å². The first-order valence-electron chi connectivity index (χ1n) is 7.10. The van der Waals surface area contributed by atoms with Gasteiger partial charge in [-0.05, 0) is 60.9 Å². The Kier molecular flexibility index (Phi) is 3.81. The summed E-state index contributed by atoms with van der Waals surface area (Å²) in [5, 5.41) is 15.0. The van der Waals surface area contributed by atoms with Gasteiger partial charge in [0.05, 0.1) is 11.6 Å². The summed E-state index contributed by atoms with van der Waals surface area (Å²) in [7, 11) is 0. The van der Waals surface area contributed by atoms with Crippen LogP contribution in [0.2, 0.25) is 0 Å². The number of amides is 1. The first-order chi connectivity index (χ1) is 9.97. The van der Waals surface area contributed by atoms with Crippen LogP contribution in [0.4, 0.5) is 4.79 Å². The van der Waals surface area contributed by atoms with Gasteiger partial charge in [-0.3, -0.25) is 4.68 Å². The second kappa shape index (κ2) is 5.47. The third kappa shape index (κ3) is 2.61. The molecule has 1 amide bonds. The van der Waals surface area contributed by atoms with Crippen molar-refractivity contribution < 1.29 is 9.90 Å². The zero-order valence-electron chi connectivity index (χ0n) is 12.1. The van der Waals surface area contributed by atoms with Crippen LogP contribution in [0, 0.1) is 17.5 Å². The van der Waals surface area contributed by atoms with Crippen LogP contribution in [0.1, 0.15) is 30.0 Å². The first kappa shape index (κ1) is 14.6. The molecule has 21 heavy (non-hydrogen) atoms. The van der Waals surface area contributed by atoms with Crippen molar-refractivity contribution >= 4 is 39.6 Å². The highest BCUT2D eigenvalue weighted by molar-refractivity contribution is 14.1. The molecule has 1 N–H and O–H groups in total. The van der Waals surface area contributed by atoms with Crippen molar-refractivity contribution in [1.82, 2.24) is 14.7 Å². The Morgan fingerprint density at radius 2 is 2.00 bits per heavy atom. The molecular formula is C15H18IN3O2. The molecule has 0 unspecified atom stereocenters. The van der Waals surface area contributed by atoms with E-state index in [9.17, 15) is 4.79 Å². The van der Waals surface area contributed by atoms with Gasteiger partial charge in [0.15, 0.2) is 0 Å². The van der Waals surface area contributed by atoms with Crippen LogP contribution in [0.15, 0.2) is 12.1 Å². The highest BCUT2D eigenvalue weighted by Gasteiger charge is 2.26. The molecule has 6 heteroatoms. The second-order valence-corrected chi connectivity index (χ2v) is 6.74. The number of hydrogen-bond donors (Lipinski definition) is 1. The lowest BCUT2D eigenvalue weighted by Crippen LogP contribution is -2.38. The van der Waals surface area contributed by atoms with E-state index in [4.69, 9.17) is 10.2 Å². The van der Waals surface area contributed by atoms with Crippen molar-refractivity contribution in [1.29, 1.82) is 0 Å². The molecule has 3 rings (SSSR count). The maximum Gasteiger partial charge on any atom is 0.407 e. The van der Waals surface area contributed by atoms with Gasteiger partial charge in [0, 0.05) is 18.5 Å². The van der Waals surface area contributed by atoms with E-state index in [2.05, 4.69) is 53.3 Å². The van der Waals surface area contributed by atoms with E-state index in [0.29, 0.717) is 19.1 Å². The van der Waals surface area contributed by atoms with Gasteiger partial charge in [0.2, 0.25) is 0 Å². The minimum Gasteiger partial charge on any atom is -0.465 e. The zero-order chi connectivity index (χ0) is 15.1. The molecule has 1 aromatic carbocycles. The average molecular weight is 399 g/mol. The fourth-order valence-electron chi connectivity index (χ4n) is 3.07. The van der Waals surface area contributed by atoms with E-state index in [1.165, 1.54) is 21.4 Å². The van der Waals surface area contributed by atoms with Gasteiger partial charge >= 0.3 is 6.09 Å². The number of rotatable bonds is 1. The molecule has 2 heterocycles. The Bertz CT molecular complexity index is 702. The van der Waals surface area contributed by atoms with Crippen LogP contribution >= 0.6 is 22.6 Å². The molecule has 2 aromatic rings. The number of halogens is 1. The molecule has 112 valence electrons. The molecule has 1 aliphatic rings. The van der Waals surface area contributed by atoms with Crippen LogP contribution < -0.4 is 0 Å². The maximum absolute atomic E-state index is 11.0. The Morgan fingerprint density at radius 3 is 2.62 bits per heavy atom. The number of fused-ring (bicyclic) bond motifs is 1. The molecule has 1 aliphatic heterocycles. The number of carbonyl (C=O) groups is 1. The monoisotopic (exact) mass is 399 g/mol. The summed E-state index contributed by atoms with van der Waals surface area (Å²) in [6, 6.07) is 4.63. The van der Waals surface area contributed by atoms with Crippen molar-refractivity contribution in [2.45, 2.75) is 32.7 Å². The molecule has 0 aliphatic carbocycles. The smallest absolute Gasteiger partial charge is 0.407 e. The molecule has 0 spiro atoms. The predicted molar refractivity (Wildman–Crippen MR) is 89.8 cm³/mol. The third-order valence-corrected chi connectivity index (χ3v) is 5.23. The molecule has 1 fully saturated rings. The van der Waals surface area contributed by atoms with Crippen LogP contribution in [-0.2, 0) is 0 Å². The normalized spacial score (nSPS) is 16.6. The molecule has 5 nitrogen and oxygen atoms in total. The van der Waals surface area contributed by atoms with Gasteiger partial charge in [-0.25, -0.2) is 4.79 Å². The number of benzene rings is 1. The van der Waals surface area contributed by atoms with Crippen LogP contribution in [0.3, 0.4) is 0 Å². The SMILES string of the molecule is Cc1cc(C)c2nn(C3CCN(C(=O)O)CC3)c(I)c2c1. The van der Waals surface area contributed by atoms with E-state index in [1.807, 2.05) is 0 Å². The third-order valence-electron chi connectivity index (χ3n) is 4.16. The van der Waals surface area contributed by atoms with Crippen molar-refractivity contribution in [3.63, 3.8) is 0 Å². The highest BCUT2D eigenvalue weighted by atomic mass is 127. The molecule has 0 atom stereocenters. The molecule has 1 saturated heterocycles. The zero-order valence-corrected chi connectivity index (χ0v) is 14.3. The Morgan fingerprint density at radius 1 is 1.33 bits per heavy atom. The molecule has 0 saturated carbocycles. The number of hydrogen-bond acceptors (Lipinski definition) is 2. The van der Waals surface area contributed by atoms with Crippen LogP contribution in [0.25, 0.3) is 10.9 Å². The van der Waals surface area contributed by atoms with E-state index in [-0.39, 0.29) is 0 Å². The molecule has 1 aromatic heterocycles. The van der Waals surface area contributed by atoms with Gasteiger partial charge in [-0.15, -0.1) is 0 Å². The fraction of sp³-hybridized carbons (Fsp3) is 0.467. The minimum atomic E-state index is -0.819. The van der Waals surface area contributed by atoms with Crippen molar-refractivity contribution in [3.05, 3.63) is 27.0 Å². The van der Waals surface area contributed by atoms with Crippen LogP contribution in [-0.4, -0.2) is 39.0 Å². The fourth-order valence-corrected chi connectivity index (χ4v) is 3.98. The van der Waals surface area contributed by atoms with Crippen molar-refractivity contribution in [2.75, 3.05) is 13.1 Å². The molecule has 0 bridgehead atoms. The largest absolute Gasteiger partial charge is 0.465 e. The van der Waals surface area contributed by atoms with Gasteiger partial charge in [0.1, 0.15) is 3.70 Å². The standard InChI is InChI=1S/C15H18IN3O2/c1-9-7-10(2)13-12(8-9)14(16)19(17-13)11-3-5-18(6-4-11)15(20)21/h7-8,11H,3-6H2,1-2H3,(H,20,21). The Hall–Kier alpha value is -1.31. The van der Waals surface area contributed by atoms with Gasteiger partial charge in [-0.2, -0.15) is 5.10 Å². The number of carboxylic acid groups (broad SMARTS) is 1. The lowest BCUT2D eigenvalue weighted by Gasteiger charge is -2.30. The number of aryl methyl sites for hydroxylation is 2. The quantitative estimate of drug-likeness (QED) is 0.746. The summed E-state index contributed by atoms with van der Waals surface area (Å²) in [6.45, 7) is 5.37. The van der Waals surface area contributed by atoms with Crippen LogP contribution in [0.5, 0.6) is 0 Å². The summed E-state index contributed by atoms with van der Waals surface area (Å²) >= 11 is 2.36. The average Bonchev–Trinajstić information content (AvgIpc) is 2.77. The maximum atomic E-state index is 11.0.